The zero-order valence-electron chi connectivity index (χ0n) is 19.5. The molecule has 0 radical (unpaired) electrons. The van der Waals surface area contributed by atoms with Crippen LogP contribution in [0.1, 0.15) is 45.5 Å². The molecule has 1 unspecified atom stereocenters. The third-order valence-electron chi connectivity index (χ3n) is 5.73. The van der Waals surface area contributed by atoms with Crippen LogP contribution in [0.25, 0.3) is 0 Å². The van der Waals surface area contributed by atoms with Crippen LogP contribution in [-0.4, -0.2) is 36.9 Å². The van der Waals surface area contributed by atoms with E-state index in [9.17, 15) is 14.4 Å². The average Bonchev–Trinajstić information content (AvgIpc) is 2.75. The number of benzene rings is 2. The summed E-state index contributed by atoms with van der Waals surface area (Å²) in [5, 5.41) is 5.41. The Hall–Kier alpha value is -3.61. The summed E-state index contributed by atoms with van der Waals surface area (Å²) >= 11 is 0. The molecular weight excluding hydrogens is 420 g/mol. The number of carbonyl (C=O) groups is 3. The number of Topliss-reactive ketones (excluding diaryl/α,β-unsaturated/α-hetero) is 1. The van der Waals surface area contributed by atoms with Crippen molar-refractivity contribution in [2.45, 2.75) is 46.6 Å². The van der Waals surface area contributed by atoms with Gasteiger partial charge in [-0.2, -0.15) is 0 Å². The topological polar surface area (TPSA) is 93.7 Å². The highest BCUT2D eigenvalue weighted by Gasteiger charge is 2.32. The lowest BCUT2D eigenvalue weighted by atomic mass is 9.96. The first-order chi connectivity index (χ1) is 15.6. The summed E-state index contributed by atoms with van der Waals surface area (Å²) in [6.07, 6.45) is -0.595. The van der Waals surface area contributed by atoms with Crippen LogP contribution < -0.4 is 20.1 Å². The highest BCUT2D eigenvalue weighted by molar-refractivity contribution is 6.03. The molecule has 2 N–H and O–H groups in total. The summed E-state index contributed by atoms with van der Waals surface area (Å²) < 4.78 is 11.3. The molecule has 33 heavy (non-hydrogen) atoms. The standard InChI is InChI=1S/C26H30N2O5/c1-15-6-7-20(10-16(15)2)32-14-25(30)27-9-8-19(5)28-26(31)24-13-22(29)21-11-17(3)18(4)12-23(21)33-24/h6-7,10-12,24H,5,8-9,13-14H2,1-4H3,(H,27,30)(H,28,31). The molecule has 2 amide bonds. The highest BCUT2D eigenvalue weighted by atomic mass is 16.5. The van der Waals surface area contributed by atoms with Gasteiger partial charge in [0, 0.05) is 18.7 Å². The maximum absolute atomic E-state index is 12.6. The molecule has 0 fully saturated rings. The van der Waals surface area contributed by atoms with Crippen molar-refractivity contribution < 1.29 is 23.9 Å². The summed E-state index contributed by atoms with van der Waals surface area (Å²) in [6, 6.07) is 9.24. The Morgan fingerprint density at radius 3 is 2.48 bits per heavy atom. The van der Waals surface area contributed by atoms with E-state index in [4.69, 9.17) is 9.47 Å². The lowest BCUT2D eigenvalue weighted by molar-refractivity contribution is -0.127. The van der Waals surface area contributed by atoms with E-state index in [1.807, 2.05) is 45.9 Å². The number of fused-ring (bicyclic) bond motifs is 1. The predicted molar refractivity (Wildman–Crippen MR) is 126 cm³/mol. The van der Waals surface area contributed by atoms with E-state index in [0.29, 0.717) is 35.7 Å². The van der Waals surface area contributed by atoms with E-state index >= 15 is 0 Å². The van der Waals surface area contributed by atoms with Gasteiger partial charge in [0.05, 0.1) is 12.0 Å². The molecule has 0 bridgehead atoms. The number of aryl methyl sites for hydroxylation is 4. The summed E-state index contributed by atoms with van der Waals surface area (Å²) in [5.74, 6) is 0.244. The van der Waals surface area contributed by atoms with E-state index in [2.05, 4.69) is 17.2 Å². The Morgan fingerprint density at radius 1 is 1.06 bits per heavy atom. The van der Waals surface area contributed by atoms with E-state index in [1.54, 1.807) is 12.1 Å². The third kappa shape index (κ3) is 6.22. The Morgan fingerprint density at radius 2 is 1.76 bits per heavy atom. The fourth-order valence-corrected chi connectivity index (χ4v) is 3.40. The lowest BCUT2D eigenvalue weighted by Gasteiger charge is -2.25. The van der Waals surface area contributed by atoms with Crippen LogP contribution in [0.5, 0.6) is 11.5 Å². The fraction of sp³-hybridized carbons (Fsp3) is 0.346. The number of nitrogens with one attached hydrogen (secondary N) is 2. The number of ketones is 1. The van der Waals surface area contributed by atoms with Crippen LogP contribution in [0.4, 0.5) is 0 Å². The van der Waals surface area contributed by atoms with E-state index in [1.165, 1.54) is 0 Å². The first-order valence-electron chi connectivity index (χ1n) is 10.9. The molecule has 0 aliphatic carbocycles. The largest absolute Gasteiger partial charge is 0.484 e. The number of amides is 2. The van der Waals surface area contributed by atoms with Crippen molar-refractivity contribution in [2.24, 2.45) is 0 Å². The smallest absolute Gasteiger partial charge is 0.265 e. The maximum Gasteiger partial charge on any atom is 0.265 e. The number of rotatable bonds is 8. The molecule has 3 rings (SSSR count). The third-order valence-corrected chi connectivity index (χ3v) is 5.73. The van der Waals surface area contributed by atoms with Gasteiger partial charge in [0.15, 0.2) is 18.5 Å². The second-order valence-corrected chi connectivity index (χ2v) is 8.39. The summed E-state index contributed by atoms with van der Waals surface area (Å²) in [4.78, 5) is 37.0. The van der Waals surface area contributed by atoms with E-state index in [0.717, 1.165) is 22.3 Å². The molecule has 2 aromatic carbocycles. The molecule has 0 saturated heterocycles. The molecule has 7 nitrogen and oxygen atoms in total. The highest BCUT2D eigenvalue weighted by Crippen LogP contribution is 2.30. The van der Waals surface area contributed by atoms with Crippen molar-refractivity contribution in [1.29, 1.82) is 0 Å². The molecule has 2 aromatic rings. The second-order valence-electron chi connectivity index (χ2n) is 8.39. The molecule has 0 spiro atoms. The molecule has 7 heteroatoms. The van der Waals surface area contributed by atoms with Crippen LogP contribution in [0.15, 0.2) is 42.6 Å². The van der Waals surface area contributed by atoms with Crippen molar-refractivity contribution in [3.8, 4) is 11.5 Å². The minimum absolute atomic E-state index is 0.0266. The summed E-state index contributed by atoms with van der Waals surface area (Å²) in [6.45, 7) is 11.9. The monoisotopic (exact) mass is 450 g/mol. The molecule has 1 aliphatic heterocycles. The Kier molecular flexibility index (Phi) is 7.53. The molecular formula is C26H30N2O5. The number of hydrogen-bond acceptors (Lipinski definition) is 5. The second kappa shape index (κ2) is 10.3. The van der Waals surface area contributed by atoms with Gasteiger partial charge in [-0.25, -0.2) is 0 Å². The van der Waals surface area contributed by atoms with Crippen molar-refractivity contribution >= 4 is 17.6 Å². The Bertz CT molecular complexity index is 1110. The van der Waals surface area contributed by atoms with Gasteiger partial charge in [0.25, 0.3) is 11.8 Å². The van der Waals surface area contributed by atoms with Gasteiger partial charge in [-0.1, -0.05) is 12.6 Å². The van der Waals surface area contributed by atoms with Crippen LogP contribution in [-0.2, 0) is 9.59 Å². The zero-order chi connectivity index (χ0) is 24.1. The Labute approximate surface area is 194 Å². The van der Waals surface area contributed by atoms with Crippen LogP contribution >= 0.6 is 0 Å². The van der Waals surface area contributed by atoms with Crippen molar-refractivity contribution in [2.75, 3.05) is 13.2 Å². The number of ether oxygens (including phenoxy) is 2. The van der Waals surface area contributed by atoms with Gasteiger partial charge in [0.1, 0.15) is 11.5 Å². The summed E-state index contributed by atoms with van der Waals surface area (Å²) in [5.41, 5.74) is 5.18. The van der Waals surface area contributed by atoms with Gasteiger partial charge >= 0.3 is 0 Å². The summed E-state index contributed by atoms with van der Waals surface area (Å²) in [7, 11) is 0. The number of carbonyl (C=O) groups excluding carboxylic acids is 3. The van der Waals surface area contributed by atoms with E-state index < -0.39 is 12.0 Å². The van der Waals surface area contributed by atoms with Crippen LogP contribution in [0, 0.1) is 27.7 Å². The number of hydrogen-bond donors (Lipinski definition) is 2. The van der Waals surface area contributed by atoms with Crippen molar-refractivity contribution in [3.05, 3.63) is 70.4 Å². The molecule has 1 atom stereocenters. The molecule has 1 aliphatic rings. The first kappa shape index (κ1) is 24.0. The van der Waals surface area contributed by atoms with Crippen molar-refractivity contribution in [3.63, 3.8) is 0 Å². The van der Waals surface area contributed by atoms with Gasteiger partial charge in [0.2, 0.25) is 0 Å². The molecule has 174 valence electrons. The minimum Gasteiger partial charge on any atom is -0.484 e. The maximum atomic E-state index is 12.6. The minimum atomic E-state index is -0.912. The molecule has 1 heterocycles. The van der Waals surface area contributed by atoms with Crippen molar-refractivity contribution in [1.82, 2.24) is 10.6 Å². The zero-order valence-corrected chi connectivity index (χ0v) is 19.5. The van der Waals surface area contributed by atoms with Gasteiger partial charge in [-0.3, -0.25) is 14.4 Å². The Balaban J connectivity index is 1.41. The van der Waals surface area contributed by atoms with Crippen LogP contribution in [0.2, 0.25) is 0 Å². The quantitative estimate of drug-likeness (QED) is 0.642. The molecule has 0 saturated carbocycles. The SMILES string of the molecule is C=C(CCNC(=O)COc1ccc(C)c(C)c1)NC(=O)C1CC(=O)c2cc(C)c(C)cc2O1. The predicted octanol–water partition coefficient (Wildman–Crippen LogP) is 3.47. The van der Waals surface area contributed by atoms with Gasteiger partial charge < -0.3 is 20.1 Å². The average molecular weight is 451 g/mol. The lowest BCUT2D eigenvalue weighted by Crippen LogP contribution is -2.42. The first-order valence-corrected chi connectivity index (χ1v) is 10.9. The molecule has 0 aromatic heterocycles. The fourth-order valence-electron chi connectivity index (χ4n) is 3.40. The van der Waals surface area contributed by atoms with Gasteiger partial charge in [-0.05, 0) is 74.2 Å². The normalized spacial score (nSPS) is 14.7. The van der Waals surface area contributed by atoms with E-state index in [-0.39, 0.29) is 24.7 Å². The van der Waals surface area contributed by atoms with Crippen LogP contribution in [0.3, 0.4) is 0 Å². The van der Waals surface area contributed by atoms with Gasteiger partial charge in [-0.15, -0.1) is 0 Å².